The molecule has 1 aliphatic carbocycles. The van der Waals surface area contributed by atoms with Gasteiger partial charge in [-0.25, -0.2) is 9.78 Å². The zero-order chi connectivity index (χ0) is 19.8. The van der Waals surface area contributed by atoms with Gasteiger partial charge in [-0.05, 0) is 91.4 Å². The fourth-order valence-corrected chi connectivity index (χ4v) is 3.87. The predicted molar refractivity (Wildman–Crippen MR) is 112 cm³/mol. The molecule has 0 fully saturated rings. The molecule has 0 saturated heterocycles. The first-order valence-electron chi connectivity index (χ1n) is 9.79. The van der Waals surface area contributed by atoms with E-state index in [2.05, 4.69) is 22.1 Å². The summed E-state index contributed by atoms with van der Waals surface area (Å²) in [5, 5.41) is 9.14. The maximum atomic E-state index is 11.1. The summed E-state index contributed by atoms with van der Waals surface area (Å²) >= 11 is 0. The summed E-state index contributed by atoms with van der Waals surface area (Å²) in [6.07, 6.45) is 4.81. The Bertz CT molecular complexity index is 1210. The molecular formula is C24H20N2O3. The van der Waals surface area contributed by atoms with Crippen LogP contribution in [0.1, 0.15) is 34.3 Å². The summed E-state index contributed by atoms with van der Waals surface area (Å²) < 4.78 is 6.04. The average molecular weight is 384 g/mol. The van der Waals surface area contributed by atoms with Gasteiger partial charge in [-0.3, -0.25) is 0 Å². The minimum absolute atomic E-state index is 0.237. The Morgan fingerprint density at radius 1 is 0.897 bits per heavy atom. The molecule has 0 atom stereocenters. The van der Waals surface area contributed by atoms with Crippen LogP contribution in [0.25, 0.3) is 22.4 Å². The lowest BCUT2D eigenvalue weighted by atomic mass is 9.92. The molecular weight excluding hydrogens is 364 g/mol. The summed E-state index contributed by atoms with van der Waals surface area (Å²) in [4.78, 5) is 18.9. The van der Waals surface area contributed by atoms with E-state index in [4.69, 9.17) is 9.84 Å². The molecule has 0 amide bonds. The lowest BCUT2D eigenvalue weighted by Gasteiger charge is -2.16. The van der Waals surface area contributed by atoms with Crippen LogP contribution in [0.2, 0.25) is 0 Å². The number of carboxylic acids is 1. The molecule has 3 aromatic carbocycles. The third kappa shape index (κ3) is 3.47. The number of fused-ring (bicyclic) bond motifs is 2. The van der Waals surface area contributed by atoms with Crippen LogP contribution in [0.4, 0.5) is 0 Å². The monoisotopic (exact) mass is 384 g/mol. The third-order valence-electron chi connectivity index (χ3n) is 5.41. The lowest BCUT2D eigenvalue weighted by molar-refractivity contribution is 0.0697. The topological polar surface area (TPSA) is 75.2 Å². The second-order valence-electron chi connectivity index (χ2n) is 7.39. The summed E-state index contributed by atoms with van der Waals surface area (Å²) in [6, 6.07) is 19.0. The third-order valence-corrected chi connectivity index (χ3v) is 5.41. The number of hydrogen-bond acceptors (Lipinski definition) is 3. The average Bonchev–Trinajstić information content (AvgIpc) is 3.17. The number of carbonyl (C=O) groups is 1. The van der Waals surface area contributed by atoms with Gasteiger partial charge in [-0.1, -0.05) is 6.07 Å². The molecule has 0 saturated carbocycles. The molecule has 1 aliphatic rings. The maximum Gasteiger partial charge on any atom is 0.335 e. The van der Waals surface area contributed by atoms with Crippen molar-refractivity contribution < 1.29 is 14.6 Å². The standard InChI is InChI=1S/C24H20N2O3/c27-24(28)18-8-12-21-22(14-18)26-23(25-21)16-6-9-19(10-7-16)29-20-11-5-15-3-1-2-4-17(15)13-20/h5-14H,1-4H2,(H,25,26)(H,27,28). The molecule has 5 heteroatoms. The predicted octanol–water partition coefficient (Wildman–Crippen LogP) is 5.60. The summed E-state index contributed by atoms with van der Waals surface area (Å²) in [5.41, 5.74) is 5.43. The number of aromatic nitrogens is 2. The maximum absolute atomic E-state index is 11.1. The van der Waals surface area contributed by atoms with Crippen LogP contribution in [-0.2, 0) is 12.8 Å². The van der Waals surface area contributed by atoms with Crippen LogP contribution in [-0.4, -0.2) is 21.0 Å². The van der Waals surface area contributed by atoms with Crippen molar-refractivity contribution in [3.63, 3.8) is 0 Å². The second kappa shape index (κ2) is 7.09. The van der Waals surface area contributed by atoms with E-state index in [0.29, 0.717) is 11.3 Å². The highest BCUT2D eigenvalue weighted by atomic mass is 16.5. The number of nitrogens with zero attached hydrogens (tertiary/aromatic N) is 1. The van der Waals surface area contributed by atoms with Gasteiger partial charge in [0.2, 0.25) is 0 Å². The molecule has 0 spiro atoms. The minimum atomic E-state index is -0.952. The second-order valence-corrected chi connectivity index (χ2v) is 7.39. The fourth-order valence-electron chi connectivity index (χ4n) is 3.87. The lowest BCUT2D eigenvalue weighted by Crippen LogP contribution is -2.02. The Labute approximate surface area is 168 Å². The van der Waals surface area contributed by atoms with Crippen molar-refractivity contribution in [2.45, 2.75) is 25.7 Å². The van der Waals surface area contributed by atoms with Crippen LogP contribution in [0.3, 0.4) is 0 Å². The number of rotatable bonds is 4. The van der Waals surface area contributed by atoms with Gasteiger partial charge < -0.3 is 14.8 Å². The van der Waals surface area contributed by atoms with Crippen LogP contribution in [0, 0.1) is 0 Å². The van der Waals surface area contributed by atoms with Crippen molar-refractivity contribution in [3.8, 4) is 22.9 Å². The fraction of sp³-hybridized carbons (Fsp3) is 0.167. The quantitative estimate of drug-likeness (QED) is 0.480. The number of carboxylic acid groups (broad SMARTS) is 1. The number of nitrogens with one attached hydrogen (secondary N) is 1. The number of aryl methyl sites for hydroxylation is 2. The van der Waals surface area contributed by atoms with E-state index in [-0.39, 0.29) is 5.56 Å². The molecule has 29 heavy (non-hydrogen) atoms. The molecule has 1 heterocycles. The summed E-state index contributed by atoms with van der Waals surface area (Å²) in [6.45, 7) is 0. The first kappa shape index (κ1) is 17.5. The highest BCUT2D eigenvalue weighted by molar-refractivity contribution is 5.93. The van der Waals surface area contributed by atoms with Gasteiger partial charge in [0.1, 0.15) is 17.3 Å². The van der Waals surface area contributed by atoms with Crippen LogP contribution in [0.15, 0.2) is 60.7 Å². The molecule has 0 unspecified atom stereocenters. The van der Waals surface area contributed by atoms with E-state index in [9.17, 15) is 4.79 Å². The van der Waals surface area contributed by atoms with Gasteiger partial charge >= 0.3 is 5.97 Å². The number of aromatic carboxylic acids is 1. The van der Waals surface area contributed by atoms with Gasteiger partial charge in [0.15, 0.2) is 0 Å². The van der Waals surface area contributed by atoms with Crippen molar-refractivity contribution in [1.29, 1.82) is 0 Å². The van der Waals surface area contributed by atoms with Crippen molar-refractivity contribution in [1.82, 2.24) is 9.97 Å². The highest BCUT2D eigenvalue weighted by Gasteiger charge is 2.11. The summed E-state index contributed by atoms with van der Waals surface area (Å²) in [7, 11) is 0. The normalized spacial score (nSPS) is 13.2. The molecule has 0 radical (unpaired) electrons. The zero-order valence-electron chi connectivity index (χ0n) is 15.8. The Hall–Kier alpha value is -3.60. The minimum Gasteiger partial charge on any atom is -0.478 e. The van der Waals surface area contributed by atoms with Gasteiger partial charge in [0.05, 0.1) is 16.6 Å². The molecule has 144 valence electrons. The largest absolute Gasteiger partial charge is 0.478 e. The first-order valence-corrected chi connectivity index (χ1v) is 9.79. The Morgan fingerprint density at radius 2 is 1.66 bits per heavy atom. The Morgan fingerprint density at radius 3 is 2.45 bits per heavy atom. The van der Waals surface area contributed by atoms with Crippen molar-refractivity contribution >= 4 is 17.0 Å². The smallest absolute Gasteiger partial charge is 0.335 e. The van der Waals surface area contributed by atoms with Crippen LogP contribution in [0.5, 0.6) is 11.5 Å². The number of hydrogen-bond donors (Lipinski definition) is 2. The molecule has 4 aromatic rings. The summed E-state index contributed by atoms with van der Waals surface area (Å²) in [5.74, 6) is 1.38. The zero-order valence-corrected chi connectivity index (χ0v) is 15.8. The van der Waals surface area contributed by atoms with Gasteiger partial charge in [0, 0.05) is 5.56 Å². The first-order chi connectivity index (χ1) is 14.2. The van der Waals surface area contributed by atoms with Gasteiger partial charge in [-0.15, -0.1) is 0 Å². The van der Waals surface area contributed by atoms with Crippen LogP contribution >= 0.6 is 0 Å². The van der Waals surface area contributed by atoms with E-state index >= 15 is 0 Å². The molecule has 1 aromatic heterocycles. The Balaban J connectivity index is 1.37. The van der Waals surface area contributed by atoms with E-state index in [0.717, 1.165) is 35.4 Å². The Kier molecular flexibility index (Phi) is 4.28. The van der Waals surface area contributed by atoms with Crippen molar-refractivity contribution in [2.24, 2.45) is 0 Å². The molecule has 0 aliphatic heterocycles. The van der Waals surface area contributed by atoms with E-state index in [1.807, 2.05) is 30.3 Å². The highest BCUT2D eigenvalue weighted by Crippen LogP contribution is 2.30. The van der Waals surface area contributed by atoms with E-state index < -0.39 is 5.97 Å². The number of benzene rings is 3. The van der Waals surface area contributed by atoms with Crippen molar-refractivity contribution in [2.75, 3.05) is 0 Å². The van der Waals surface area contributed by atoms with Gasteiger partial charge in [-0.2, -0.15) is 0 Å². The SMILES string of the molecule is O=C(O)c1ccc2nc(-c3ccc(Oc4ccc5c(c4)CCCC5)cc3)[nH]c2c1. The molecule has 2 N–H and O–H groups in total. The molecule has 5 nitrogen and oxygen atoms in total. The van der Waals surface area contributed by atoms with Crippen LogP contribution < -0.4 is 4.74 Å². The van der Waals surface area contributed by atoms with E-state index in [1.54, 1.807) is 18.2 Å². The molecule has 5 rings (SSSR count). The number of aromatic amines is 1. The van der Waals surface area contributed by atoms with Gasteiger partial charge in [0.25, 0.3) is 0 Å². The van der Waals surface area contributed by atoms with Crippen molar-refractivity contribution in [3.05, 3.63) is 77.4 Å². The number of H-pyrrole nitrogens is 1. The molecule has 0 bridgehead atoms. The number of ether oxygens (including phenoxy) is 1. The number of imidazole rings is 1. The van der Waals surface area contributed by atoms with E-state index in [1.165, 1.54) is 24.0 Å².